The third-order valence-electron chi connectivity index (χ3n) is 4.56. The van der Waals surface area contributed by atoms with E-state index < -0.39 is 41.4 Å². The molecule has 13 heteroatoms. The van der Waals surface area contributed by atoms with Crippen molar-refractivity contribution in [2.24, 2.45) is 0 Å². The van der Waals surface area contributed by atoms with Gasteiger partial charge in [0.1, 0.15) is 17.1 Å². The number of fused-ring (bicyclic) bond motifs is 1. The Bertz CT molecular complexity index is 1310. The molecule has 4 aromatic rings. The molecule has 7 nitrogen and oxygen atoms in total. The fourth-order valence-corrected chi connectivity index (χ4v) is 3.04. The molecule has 0 saturated heterocycles. The highest BCUT2D eigenvalue weighted by atomic mass is 19.4. The number of rotatable bonds is 4. The highest BCUT2D eigenvalue weighted by Crippen LogP contribution is 2.35. The molecule has 1 aromatic carbocycles. The number of anilines is 1. The number of nitrogens with one attached hydrogen (secondary N) is 2. The van der Waals surface area contributed by atoms with Crippen LogP contribution in [0, 0.1) is 12.7 Å². The molecule has 166 valence electrons. The molecule has 0 aliphatic rings. The monoisotopic (exact) mass is 454 g/mol. The first-order valence-electron chi connectivity index (χ1n) is 8.92. The van der Waals surface area contributed by atoms with Gasteiger partial charge in [-0.2, -0.15) is 23.4 Å². The van der Waals surface area contributed by atoms with E-state index in [0.717, 1.165) is 28.9 Å². The molecule has 3 aromatic heterocycles. The maximum Gasteiger partial charge on any atom is 0.437 e. The third-order valence-corrected chi connectivity index (χ3v) is 4.56. The van der Waals surface area contributed by atoms with Crippen LogP contribution in [-0.2, 0) is 6.18 Å². The van der Waals surface area contributed by atoms with Crippen LogP contribution in [0.4, 0.5) is 32.0 Å². The summed E-state index contributed by atoms with van der Waals surface area (Å²) in [6.45, 7) is 1.27. The molecule has 0 saturated carbocycles. The molecule has 1 amide bonds. The second-order valence-corrected chi connectivity index (χ2v) is 6.69. The minimum Gasteiger partial charge on any atom is -0.318 e. The molecule has 0 spiro atoms. The van der Waals surface area contributed by atoms with Crippen molar-refractivity contribution in [3.8, 4) is 11.3 Å². The largest absolute Gasteiger partial charge is 0.437 e. The lowest BCUT2D eigenvalue weighted by Crippen LogP contribution is -2.17. The van der Waals surface area contributed by atoms with Crippen molar-refractivity contribution in [2.75, 3.05) is 5.32 Å². The van der Waals surface area contributed by atoms with Gasteiger partial charge in [-0.15, -0.1) is 0 Å². The zero-order chi connectivity index (χ0) is 23.2. The Labute approximate surface area is 175 Å². The van der Waals surface area contributed by atoms with Crippen molar-refractivity contribution >= 4 is 17.2 Å². The number of hydrogen-bond donors (Lipinski definition) is 2. The minimum absolute atomic E-state index is 0.00202. The van der Waals surface area contributed by atoms with E-state index in [9.17, 15) is 31.1 Å². The number of amides is 1. The number of aromatic nitrogens is 5. The maximum atomic E-state index is 13.6. The maximum absolute atomic E-state index is 13.6. The van der Waals surface area contributed by atoms with Gasteiger partial charge < -0.3 is 5.32 Å². The Balaban J connectivity index is 1.81. The van der Waals surface area contributed by atoms with Crippen molar-refractivity contribution in [2.45, 2.75) is 19.5 Å². The number of carbonyl (C=O) groups is 1. The molecule has 0 bridgehead atoms. The summed E-state index contributed by atoms with van der Waals surface area (Å²) >= 11 is 0. The van der Waals surface area contributed by atoms with Crippen molar-refractivity contribution in [1.29, 1.82) is 0 Å². The number of carbonyl (C=O) groups excluding carboxylic acids is 1. The van der Waals surface area contributed by atoms with Crippen LogP contribution < -0.4 is 5.32 Å². The molecule has 0 atom stereocenters. The molecule has 32 heavy (non-hydrogen) atoms. The van der Waals surface area contributed by atoms with Crippen LogP contribution in [-0.4, -0.2) is 30.7 Å². The summed E-state index contributed by atoms with van der Waals surface area (Å²) in [6.07, 6.45) is -6.94. The lowest BCUT2D eigenvalue weighted by molar-refractivity contribution is -0.140. The van der Waals surface area contributed by atoms with Crippen LogP contribution in [0.15, 0.2) is 36.5 Å². The number of hydrogen-bond acceptors (Lipinski definition) is 4. The van der Waals surface area contributed by atoms with E-state index in [0.29, 0.717) is 0 Å². The average molecular weight is 454 g/mol. The summed E-state index contributed by atoms with van der Waals surface area (Å²) in [6, 6.07) is 5.86. The number of alkyl halides is 5. The van der Waals surface area contributed by atoms with E-state index in [1.54, 1.807) is 0 Å². The van der Waals surface area contributed by atoms with E-state index >= 15 is 0 Å². The van der Waals surface area contributed by atoms with E-state index in [-0.39, 0.29) is 28.2 Å². The molecular formula is C19H12F6N6O. The van der Waals surface area contributed by atoms with Crippen LogP contribution in [0.25, 0.3) is 16.9 Å². The number of H-pyrrole nitrogens is 1. The van der Waals surface area contributed by atoms with Crippen LogP contribution in [0.2, 0.25) is 0 Å². The Kier molecular flexibility index (Phi) is 5.11. The SMILES string of the molecule is Cc1[nH]nc(C(F)(F)F)c1NC(=O)c1cnn2c(C(F)F)cc(-c3ccc(F)cc3)nc12. The Morgan fingerprint density at radius 3 is 2.50 bits per heavy atom. The van der Waals surface area contributed by atoms with E-state index in [1.807, 2.05) is 0 Å². The van der Waals surface area contributed by atoms with Crippen LogP contribution in [0.5, 0.6) is 0 Å². The van der Waals surface area contributed by atoms with Crippen LogP contribution in [0.3, 0.4) is 0 Å². The standard InChI is InChI=1S/C19H12F6N6O/c1-8-14(15(30-29-8)19(23,24)25)28-18(32)11-7-26-31-13(16(21)22)6-12(27-17(11)31)9-2-4-10(20)5-3-9/h2-7,16H,1H3,(H,28,32)(H,29,30). The molecule has 0 radical (unpaired) electrons. The topological polar surface area (TPSA) is 88.0 Å². The van der Waals surface area contributed by atoms with E-state index in [4.69, 9.17) is 0 Å². The van der Waals surface area contributed by atoms with Gasteiger partial charge in [-0.25, -0.2) is 22.7 Å². The predicted octanol–water partition coefficient (Wildman–Crippen LogP) is 4.78. The minimum atomic E-state index is -4.84. The molecular weight excluding hydrogens is 442 g/mol. The van der Waals surface area contributed by atoms with Gasteiger partial charge in [-0.05, 0) is 37.3 Å². The number of nitrogens with zero attached hydrogens (tertiary/aromatic N) is 4. The Hall–Kier alpha value is -3.90. The van der Waals surface area contributed by atoms with Crippen LogP contribution in [0.1, 0.15) is 33.9 Å². The number of benzene rings is 1. The molecule has 4 rings (SSSR count). The number of halogens is 6. The zero-order valence-corrected chi connectivity index (χ0v) is 16.0. The van der Waals surface area contributed by atoms with Gasteiger partial charge in [-0.1, -0.05) is 0 Å². The Morgan fingerprint density at radius 1 is 1.19 bits per heavy atom. The third kappa shape index (κ3) is 3.76. The van der Waals surface area contributed by atoms with Crippen molar-refractivity contribution < 1.29 is 31.1 Å². The molecule has 0 unspecified atom stereocenters. The smallest absolute Gasteiger partial charge is 0.318 e. The lowest BCUT2D eigenvalue weighted by Gasteiger charge is -2.10. The summed E-state index contributed by atoms with van der Waals surface area (Å²) in [5.74, 6) is -1.61. The molecule has 0 fully saturated rings. The summed E-state index contributed by atoms with van der Waals surface area (Å²) in [4.78, 5) is 16.9. The van der Waals surface area contributed by atoms with Gasteiger partial charge in [0, 0.05) is 5.56 Å². The highest BCUT2D eigenvalue weighted by Gasteiger charge is 2.38. The molecule has 0 aliphatic carbocycles. The van der Waals surface area contributed by atoms with Crippen molar-refractivity contribution in [1.82, 2.24) is 24.8 Å². The summed E-state index contributed by atoms with van der Waals surface area (Å²) in [5.41, 5.74) is -2.98. The average Bonchev–Trinajstić information content (AvgIpc) is 3.31. The van der Waals surface area contributed by atoms with Gasteiger partial charge in [0.2, 0.25) is 0 Å². The lowest BCUT2D eigenvalue weighted by atomic mass is 10.1. The van der Waals surface area contributed by atoms with Gasteiger partial charge in [0.25, 0.3) is 12.3 Å². The quantitative estimate of drug-likeness (QED) is 0.435. The second kappa shape index (κ2) is 7.66. The fraction of sp³-hybridized carbons (Fsp3) is 0.158. The normalized spacial score (nSPS) is 12.0. The van der Waals surface area contributed by atoms with Crippen molar-refractivity contribution in [3.63, 3.8) is 0 Å². The first-order valence-corrected chi connectivity index (χ1v) is 8.92. The van der Waals surface area contributed by atoms with Gasteiger partial charge >= 0.3 is 6.18 Å². The molecule has 0 aliphatic heterocycles. The van der Waals surface area contributed by atoms with E-state index in [1.165, 1.54) is 19.1 Å². The van der Waals surface area contributed by atoms with Gasteiger partial charge in [-0.3, -0.25) is 9.89 Å². The highest BCUT2D eigenvalue weighted by molar-refractivity contribution is 6.08. The molecule has 2 N–H and O–H groups in total. The Morgan fingerprint density at radius 2 is 1.88 bits per heavy atom. The number of aryl methyl sites for hydroxylation is 1. The summed E-state index contributed by atoms with van der Waals surface area (Å²) < 4.78 is 80.6. The van der Waals surface area contributed by atoms with Gasteiger partial charge in [0.15, 0.2) is 11.3 Å². The summed E-state index contributed by atoms with van der Waals surface area (Å²) in [7, 11) is 0. The predicted molar refractivity (Wildman–Crippen MR) is 99.6 cm³/mol. The van der Waals surface area contributed by atoms with Crippen LogP contribution >= 0.6 is 0 Å². The number of aromatic amines is 1. The second-order valence-electron chi connectivity index (χ2n) is 6.69. The zero-order valence-electron chi connectivity index (χ0n) is 16.0. The van der Waals surface area contributed by atoms with E-state index in [2.05, 4.69) is 25.6 Å². The van der Waals surface area contributed by atoms with Crippen molar-refractivity contribution in [3.05, 3.63) is 65.0 Å². The summed E-state index contributed by atoms with van der Waals surface area (Å²) in [5, 5.41) is 11.1. The fourth-order valence-electron chi connectivity index (χ4n) is 3.04. The first-order chi connectivity index (χ1) is 15.1. The van der Waals surface area contributed by atoms with Gasteiger partial charge in [0.05, 0.1) is 23.3 Å². The molecule has 3 heterocycles. The first kappa shape index (κ1) is 21.3.